The van der Waals surface area contributed by atoms with Gasteiger partial charge in [0.15, 0.2) is 5.75 Å². The molecule has 0 saturated carbocycles. The zero-order valence-corrected chi connectivity index (χ0v) is 12.0. The quantitative estimate of drug-likeness (QED) is 0.598. The van der Waals surface area contributed by atoms with Gasteiger partial charge < -0.3 is 15.2 Å². The van der Waals surface area contributed by atoms with Gasteiger partial charge in [-0.05, 0) is 12.1 Å². The fraction of sp³-hybridized carbons (Fsp3) is 0.200. The molecular weight excluding hydrogens is 309 g/mol. The molecule has 7 heteroatoms. The van der Waals surface area contributed by atoms with Crippen molar-refractivity contribution in [2.45, 2.75) is 10.9 Å². The predicted octanol–water partition coefficient (Wildman–Crippen LogP) is 2.52. The fourth-order valence-corrected chi connectivity index (χ4v) is 3.31. The second kappa shape index (κ2) is 4.58. The van der Waals surface area contributed by atoms with Crippen LogP contribution in [0.5, 0.6) is 11.5 Å². The van der Waals surface area contributed by atoms with Crippen molar-refractivity contribution in [3.63, 3.8) is 0 Å². The molecule has 1 spiro atoms. The Hall–Kier alpha value is -2.34. The number of hydrogen-bond acceptors (Lipinski definition) is 5. The first-order chi connectivity index (χ1) is 10.6. The number of fused-ring (bicyclic) bond motifs is 4. The number of pyridine rings is 1. The van der Waals surface area contributed by atoms with Crippen molar-refractivity contribution >= 4 is 17.6 Å². The van der Waals surface area contributed by atoms with Crippen LogP contribution in [0.2, 0.25) is 0 Å². The Bertz CT molecular complexity index is 798. The van der Waals surface area contributed by atoms with E-state index in [1.54, 1.807) is 18.2 Å². The van der Waals surface area contributed by atoms with Gasteiger partial charge in [-0.25, -0.2) is 9.98 Å². The number of para-hydroxylation sites is 1. The van der Waals surface area contributed by atoms with E-state index in [4.69, 9.17) is 26.8 Å². The van der Waals surface area contributed by atoms with Crippen molar-refractivity contribution in [1.82, 2.24) is 4.98 Å². The molecule has 0 aliphatic carbocycles. The van der Waals surface area contributed by atoms with E-state index in [1.807, 2.05) is 12.1 Å². The molecule has 4 rings (SSSR count). The number of nitrogens with zero attached hydrogens (tertiary/aromatic N) is 2. The molecule has 2 aliphatic heterocycles. The normalized spacial score (nSPS) is 25.5. The van der Waals surface area contributed by atoms with Crippen molar-refractivity contribution in [3.05, 3.63) is 53.6 Å². The number of rotatable bonds is 0. The minimum absolute atomic E-state index is 0.0109. The standard InChI is InChI=1S/C15H11ClFN3O2/c16-11-7-21-14(18)20-15(11)8-3-1-2-4-10(8)22-12-9(15)5-6-19-13(12)17/h1-6,11H,7H2,(H2,18,20). The van der Waals surface area contributed by atoms with Gasteiger partial charge in [-0.1, -0.05) is 18.2 Å². The van der Waals surface area contributed by atoms with E-state index in [9.17, 15) is 4.39 Å². The molecular formula is C15H11ClFN3O2. The van der Waals surface area contributed by atoms with Crippen LogP contribution >= 0.6 is 11.6 Å². The highest BCUT2D eigenvalue weighted by atomic mass is 35.5. The molecule has 2 aromatic rings. The summed E-state index contributed by atoms with van der Waals surface area (Å²) in [6.07, 6.45) is 1.36. The molecule has 0 amide bonds. The van der Waals surface area contributed by atoms with Gasteiger partial charge >= 0.3 is 0 Å². The third-order valence-electron chi connectivity index (χ3n) is 3.90. The summed E-state index contributed by atoms with van der Waals surface area (Å²) in [5.41, 5.74) is 5.93. The first kappa shape index (κ1) is 13.3. The van der Waals surface area contributed by atoms with Crippen LogP contribution in [0.3, 0.4) is 0 Å². The first-order valence-electron chi connectivity index (χ1n) is 6.67. The van der Waals surface area contributed by atoms with E-state index in [0.29, 0.717) is 11.3 Å². The molecule has 0 saturated heterocycles. The molecule has 5 nitrogen and oxygen atoms in total. The Balaban J connectivity index is 2.10. The fourth-order valence-electron chi connectivity index (χ4n) is 2.96. The summed E-state index contributed by atoms with van der Waals surface area (Å²) >= 11 is 6.54. The summed E-state index contributed by atoms with van der Waals surface area (Å²) < 4.78 is 25.0. The van der Waals surface area contributed by atoms with Gasteiger partial charge in [0.2, 0.25) is 0 Å². The minimum atomic E-state index is -1.06. The molecule has 0 bridgehead atoms. The van der Waals surface area contributed by atoms with Crippen molar-refractivity contribution in [2.75, 3.05) is 6.61 Å². The Morgan fingerprint density at radius 1 is 1.27 bits per heavy atom. The van der Waals surface area contributed by atoms with Crippen molar-refractivity contribution < 1.29 is 13.9 Å². The average molecular weight is 320 g/mol. The van der Waals surface area contributed by atoms with Crippen molar-refractivity contribution in [1.29, 1.82) is 0 Å². The van der Waals surface area contributed by atoms with Gasteiger partial charge in [-0.15, -0.1) is 11.6 Å². The van der Waals surface area contributed by atoms with Crippen LogP contribution in [0.25, 0.3) is 0 Å². The number of amidine groups is 1. The second-order valence-electron chi connectivity index (χ2n) is 5.07. The highest BCUT2D eigenvalue weighted by Crippen LogP contribution is 2.53. The Labute approximate surface area is 130 Å². The molecule has 2 aliphatic rings. The van der Waals surface area contributed by atoms with Crippen LogP contribution in [0.15, 0.2) is 41.5 Å². The number of hydrogen-bond donors (Lipinski definition) is 1. The lowest BCUT2D eigenvalue weighted by atomic mass is 9.78. The van der Waals surface area contributed by atoms with E-state index in [-0.39, 0.29) is 18.4 Å². The average Bonchev–Trinajstić information content (AvgIpc) is 2.52. The van der Waals surface area contributed by atoms with Gasteiger partial charge in [-0.2, -0.15) is 4.39 Å². The third kappa shape index (κ3) is 1.64. The summed E-state index contributed by atoms with van der Waals surface area (Å²) in [7, 11) is 0. The summed E-state index contributed by atoms with van der Waals surface area (Å²) in [6, 6.07) is 8.87. The van der Waals surface area contributed by atoms with E-state index in [0.717, 1.165) is 5.56 Å². The molecule has 112 valence electrons. The maximum Gasteiger partial charge on any atom is 0.283 e. The molecule has 0 fully saturated rings. The number of nitrogens with two attached hydrogens (primary N) is 1. The molecule has 2 N–H and O–H groups in total. The second-order valence-corrected chi connectivity index (χ2v) is 5.60. The van der Waals surface area contributed by atoms with Gasteiger partial charge in [0, 0.05) is 17.3 Å². The van der Waals surface area contributed by atoms with Crippen LogP contribution in [-0.2, 0) is 10.3 Å². The zero-order chi connectivity index (χ0) is 15.3. The van der Waals surface area contributed by atoms with Gasteiger partial charge in [0.1, 0.15) is 23.3 Å². The lowest BCUT2D eigenvalue weighted by molar-refractivity contribution is 0.222. The predicted molar refractivity (Wildman–Crippen MR) is 78.7 cm³/mol. The summed E-state index contributed by atoms with van der Waals surface area (Å²) in [4.78, 5) is 8.09. The molecule has 22 heavy (non-hydrogen) atoms. The SMILES string of the molecule is NC1=NC2(c3ccccc3Oc3c2ccnc3F)C(Cl)CO1. The summed E-state index contributed by atoms with van der Waals surface area (Å²) in [5, 5.41) is -0.564. The lowest BCUT2D eigenvalue weighted by Crippen LogP contribution is -2.47. The number of ether oxygens (including phenoxy) is 2. The lowest BCUT2D eigenvalue weighted by Gasteiger charge is -2.41. The highest BCUT2D eigenvalue weighted by molar-refractivity contribution is 6.22. The van der Waals surface area contributed by atoms with E-state index >= 15 is 0 Å². The largest absolute Gasteiger partial charge is 0.464 e. The zero-order valence-electron chi connectivity index (χ0n) is 11.3. The van der Waals surface area contributed by atoms with Crippen LogP contribution < -0.4 is 10.5 Å². The highest BCUT2D eigenvalue weighted by Gasteiger charge is 2.51. The maximum atomic E-state index is 14.1. The van der Waals surface area contributed by atoms with Crippen LogP contribution in [0.1, 0.15) is 11.1 Å². The molecule has 2 atom stereocenters. The smallest absolute Gasteiger partial charge is 0.283 e. The molecule has 3 heterocycles. The molecule has 1 aromatic heterocycles. The van der Waals surface area contributed by atoms with Crippen LogP contribution in [-0.4, -0.2) is 23.0 Å². The number of alkyl halides is 1. The Morgan fingerprint density at radius 3 is 2.95 bits per heavy atom. The molecule has 1 aromatic carbocycles. The number of halogens is 2. The molecule has 2 unspecified atom stereocenters. The first-order valence-corrected chi connectivity index (χ1v) is 7.11. The summed E-state index contributed by atoms with van der Waals surface area (Å²) in [6.45, 7) is 0.161. The Morgan fingerprint density at radius 2 is 2.09 bits per heavy atom. The number of aromatic nitrogens is 1. The van der Waals surface area contributed by atoms with E-state index in [2.05, 4.69) is 9.98 Å². The minimum Gasteiger partial charge on any atom is -0.464 e. The van der Waals surface area contributed by atoms with E-state index in [1.165, 1.54) is 6.20 Å². The molecule has 0 radical (unpaired) electrons. The van der Waals surface area contributed by atoms with Gasteiger partial charge in [0.05, 0.1) is 0 Å². The third-order valence-corrected chi connectivity index (χ3v) is 4.34. The number of aliphatic imine (C=N–C) groups is 1. The maximum absolute atomic E-state index is 14.1. The van der Waals surface area contributed by atoms with Gasteiger partial charge in [-0.3, -0.25) is 0 Å². The van der Waals surface area contributed by atoms with E-state index < -0.39 is 16.9 Å². The van der Waals surface area contributed by atoms with Crippen LogP contribution in [0, 0.1) is 5.95 Å². The van der Waals surface area contributed by atoms with Crippen molar-refractivity contribution in [3.8, 4) is 11.5 Å². The monoisotopic (exact) mass is 319 g/mol. The van der Waals surface area contributed by atoms with Crippen molar-refractivity contribution in [2.24, 2.45) is 10.7 Å². The number of benzene rings is 1. The summed E-state index contributed by atoms with van der Waals surface area (Å²) in [5.74, 6) is -0.216. The Kier molecular flexibility index (Phi) is 2.77. The van der Waals surface area contributed by atoms with Crippen LogP contribution in [0.4, 0.5) is 4.39 Å². The topological polar surface area (TPSA) is 69.7 Å². The van der Waals surface area contributed by atoms with Gasteiger partial charge in [0.25, 0.3) is 12.0 Å².